The molecule has 0 saturated heterocycles. The summed E-state index contributed by atoms with van der Waals surface area (Å²) in [6.07, 6.45) is 1.99. The quantitative estimate of drug-likeness (QED) is 0.885. The molecule has 0 atom stereocenters. The van der Waals surface area contributed by atoms with Crippen molar-refractivity contribution in [2.75, 3.05) is 7.05 Å². The van der Waals surface area contributed by atoms with E-state index >= 15 is 0 Å². The first-order chi connectivity index (χ1) is 8.20. The summed E-state index contributed by atoms with van der Waals surface area (Å²) >= 11 is 6.01. The minimum Gasteiger partial charge on any atom is -0.346 e. The smallest absolute Gasteiger partial charge is 0.124 e. The van der Waals surface area contributed by atoms with Crippen molar-refractivity contribution >= 4 is 11.6 Å². The highest BCUT2D eigenvalue weighted by molar-refractivity contribution is 6.31. The molecule has 1 aromatic carbocycles. The number of nitrogens with zero attached hydrogens (tertiary/aromatic N) is 1. The maximum absolute atomic E-state index is 12.9. The standard InChI is InChI=1S/C13H14ClFN2/c1-16-8-12-3-2-6-17(12)9-10-4-5-11(15)7-13(10)14/h2-7,16H,8-9H2,1H3. The Balaban J connectivity index is 2.22. The third kappa shape index (κ3) is 2.87. The van der Waals surface area contributed by atoms with Crippen molar-refractivity contribution in [1.82, 2.24) is 9.88 Å². The van der Waals surface area contributed by atoms with E-state index in [4.69, 9.17) is 11.6 Å². The molecule has 0 unspecified atom stereocenters. The molecule has 0 saturated carbocycles. The van der Waals surface area contributed by atoms with E-state index < -0.39 is 0 Å². The summed E-state index contributed by atoms with van der Waals surface area (Å²) in [6, 6.07) is 8.54. The molecule has 2 nitrogen and oxygen atoms in total. The van der Waals surface area contributed by atoms with Gasteiger partial charge in [0.05, 0.1) is 0 Å². The minimum absolute atomic E-state index is 0.304. The average Bonchev–Trinajstić information content (AvgIpc) is 2.71. The fourth-order valence-corrected chi connectivity index (χ4v) is 2.01. The SMILES string of the molecule is CNCc1cccn1Cc1ccc(F)cc1Cl. The van der Waals surface area contributed by atoms with Crippen molar-refractivity contribution in [3.8, 4) is 0 Å². The van der Waals surface area contributed by atoms with Gasteiger partial charge in [-0.2, -0.15) is 0 Å². The van der Waals surface area contributed by atoms with Crippen LogP contribution in [-0.2, 0) is 13.1 Å². The monoisotopic (exact) mass is 252 g/mol. The van der Waals surface area contributed by atoms with Crippen LogP contribution in [0.15, 0.2) is 36.5 Å². The Kier molecular flexibility index (Phi) is 3.82. The highest BCUT2D eigenvalue weighted by Gasteiger charge is 2.05. The molecule has 0 radical (unpaired) electrons. The van der Waals surface area contributed by atoms with E-state index in [1.54, 1.807) is 6.07 Å². The summed E-state index contributed by atoms with van der Waals surface area (Å²) in [4.78, 5) is 0. The van der Waals surface area contributed by atoms with Gasteiger partial charge in [-0.1, -0.05) is 17.7 Å². The maximum atomic E-state index is 12.9. The van der Waals surface area contributed by atoms with Crippen molar-refractivity contribution in [2.45, 2.75) is 13.1 Å². The van der Waals surface area contributed by atoms with E-state index in [2.05, 4.69) is 9.88 Å². The zero-order chi connectivity index (χ0) is 12.3. The van der Waals surface area contributed by atoms with Crippen LogP contribution in [0.2, 0.25) is 5.02 Å². The molecule has 0 fully saturated rings. The van der Waals surface area contributed by atoms with Crippen molar-refractivity contribution < 1.29 is 4.39 Å². The molecular weight excluding hydrogens is 239 g/mol. The van der Waals surface area contributed by atoms with Gasteiger partial charge in [-0.05, 0) is 36.9 Å². The second kappa shape index (κ2) is 5.34. The predicted octanol–water partition coefficient (Wildman–Crippen LogP) is 3.05. The molecule has 1 aromatic heterocycles. The van der Waals surface area contributed by atoms with Crippen molar-refractivity contribution in [3.05, 3.63) is 58.6 Å². The number of nitrogens with one attached hydrogen (secondary N) is 1. The third-order valence-corrected chi connectivity index (χ3v) is 2.99. The Hall–Kier alpha value is -1.32. The van der Waals surface area contributed by atoms with Crippen LogP contribution in [0.5, 0.6) is 0 Å². The molecule has 1 N–H and O–H groups in total. The van der Waals surface area contributed by atoms with E-state index in [-0.39, 0.29) is 5.82 Å². The summed E-state index contributed by atoms with van der Waals surface area (Å²) in [5.74, 6) is -0.304. The zero-order valence-electron chi connectivity index (χ0n) is 9.58. The number of halogens is 2. The topological polar surface area (TPSA) is 17.0 Å². The van der Waals surface area contributed by atoms with E-state index in [0.29, 0.717) is 11.6 Å². The Labute approximate surface area is 105 Å². The molecule has 0 aliphatic rings. The fourth-order valence-electron chi connectivity index (χ4n) is 1.78. The lowest BCUT2D eigenvalue weighted by Gasteiger charge is -2.10. The van der Waals surface area contributed by atoms with Crippen LogP contribution < -0.4 is 5.32 Å². The zero-order valence-corrected chi connectivity index (χ0v) is 10.3. The molecule has 90 valence electrons. The van der Waals surface area contributed by atoms with Gasteiger partial charge in [-0.3, -0.25) is 0 Å². The average molecular weight is 253 g/mol. The molecule has 0 aliphatic heterocycles. The van der Waals surface area contributed by atoms with Gasteiger partial charge in [0.15, 0.2) is 0 Å². The number of benzene rings is 1. The summed E-state index contributed by atoms with van der Waals surface area (Å²) in [7, 11) is 1.90. The van der Waals surface area contributed by atoms with E-state index in [1.165, 1.54) is 17.8 Å². The number of hydrogen-bond acceptors (Lipinski definition) is 1. The van der Waals surface area contributed by atoms with Gasteiger partial charge in [0.2, 0.25) is 0 Å². The second-order valence-electron chi connectivity index (χ2n) is 3.89. The number of aromatic nitrogens is 1. The van der Waals surface area contributed by atoms with Crippen molar-refractivity contribution in [1.29, 1.82) is 0 Å². The van der Waals surface area contributed by atoms with Gasteiger partial charge in [-0.25, -0.2) is 4.39 Å². The normalized spacial score (nSPS) is 10.8. The van der Waals surface area contributed by atoms with Crippen LogP contribution in [0.4, 0.5) is 4.39 Å². The molecule has 2 aromatic rings. The van der Waals surface area contributed by atoms with Crippen LogP contribution in [0.1, 0.15) is 11.3 Å². The summed E-state index contributed by atoms with van der Waals surface area (Å²) in [5, 5.41) is 3.57. The van der Waals surface area contributed by atoms with Crippen LogP contribution in [0, 0.1) is 5.82 Å². The number of hydrogen-bond donors (Lipinski definition) is 1. The van der Waals surface area contributed by atoms with Crippen LogP contribution in [0.25, 0.3) is 0 Å². The van der Waals surface area contributed by atoms with Gasteiger partial charge < -0.3 is 9.88 Å². The Morgan fingerprint density at radius 2 is 2.18 bits per heavy atom. The van der Waals surface area contributed by atoms with Gasteiger partial charge in [0.25, 0.3) is 0 Å². The van der Waals surface area contributed by atoms with E-state index in [1.807, 2.05) is 25.4 Å². The highest BCUT2D eigenvalue weighted by Crippen LogP contribution is 2.19. The van der Waals surface area contributed by atoms with Gasteiger partial charge >= 0.3 is 0 Å². The van der Waals surface area contributed by atoms with E-state index in [9.17, 15) is 4.39 Å². The molecule has 0 spiro atoms. The predicted molar refractivity (Wildman–Crippen MR) is 67.7 cm³/mol. The Morgan fingerprint density at radius 1 is 1.35 bits per heavy atom. The first-order valence-corrected chi connectivity index (χ1v) is 5.81. The lowest BCUT2D eigenvalue weighted by atomic mass is 10.2. The summed E-state index contributed by atoms with van der Waals surface area (Å²) < 4.78 is 15.0. The molecule has 0 bridgehead atoms. The lowest BCUT2D eigenvalue weighted by Crippen LogP contribution is -2.11. The first kappa shape index (κ1) is 12.1. The largest absolute Gasteiger partial charge is 0.346 e. The Bertz CT molecular complexity index is 508. The van der Waals surface area contributed by atoms with E-state index in [0.717, 1.165) is 12.1 Å². The minimum atomic E-state index is -0.304. The lowest BCUT2D eigenvalue weighted by molar-refractivity contribution is 0.625. The number of rotatable bonds is 4. The molecule has 1 heterocycles. The second-order valence-corrected chi connectivity index (χ2v) is 4.30. The maximum Gasteiger partial charge on any atom is 0.124 e. The van der Waals surface area contributed by atoms with Crippen LogP contribution in [0.3, 0.4) is 0 Å². The first-order valence-electron chi connectivity index (χ1n) is 5.43. The molecule has 0 amide bonds. The van der Waals surface area contributed by atoms with Crippen LogP contribution in [-0.4, -0.2) is 11.6 Å². The fraction of sp³-hybridized carbons (Fsp3) is 0.231. The van der Waals surface area contributed by atoms with Crippen molar-refractivity contribution in [3.63, 3.8) is 0 Å². The van der Waals surface area contributed by atoms with Crippen molar-refractivity contribution in [2.24, 2.45) is 0 Å². The third-order valence-electron chi connectivity index (χ3n) is 2.64. The molecular formula is C13H14ClFN2. The molecule has 4 heteroatoms. The molecule has 17 heavy (non-hydrogen) atoms. The van der Waals surface area contributed by atoms with Gasteiger partial charge in [0, 0.05) is 30.0 Å². The highest BCUT2D eigenvalue weighted by atomic mass is 35.5. The van der Waals surface area contributed by atoms with Crippen LogP contribution >= 0.6 is 11.6 Å². The Morgan fingerprint density at radius 3 is 2.88 bits per heavy atom. The molecule has 0 aliphatic carbocycles. The van der Waals surface area contributed by atoms with Gasteiger partial charge in [-0.15, -0.1) is 0 Å². The molecule has 2 rings (SSSR count). The summed E-state index contributed by atoms with van der Waals surface area (Å²) in [6.45, 7) is 1.45. The summed E-state index contributed by atoms with van der Waals surface area (Å²) in [5.41, 5.74) is 2.09. The van der Waals surface area contributed by atoms with Gasteiger partial charge in [0.1, 0.15) is 5.82 Å².